The minimum Gasteiger partial charge on any atom is -0.491 e. The molecule has 2 aliphatic rings. The maximum atomic E-state index is 11.9. The van der Waals surface area contributed by atoms with Crippen LogP contribution in [0.1, 0.15) is 133 Å². The molecule has 0 saturated heterocycles. The Kier molecular flexibility index (Phi) is 16.2. The summed E-state index contributed by atoms with van der Waals surface area (Å²) in [6.07, 6.45) is 19.0. The van der Waals surface area contributed by atoms with Gasteiger partial charge in [0.05, 0.1) is 19.8 Å². The van der Waals surface area contributed by atoms with E-state index in [9.17, 15) is 14.7 Å². The Morgan fingerprint density at radius 1 is 0.756 bits per heavy atom. The molecule has 6 heteroatoms. The quantitative estimate of drug-likeness (QED) is 0.0941. The van der Waals surface area contributed by atoms with Gasteiger partial charge in [-0.25, -0.2) is 9.59 Å². The number of hydrogen-bond donors (Lipinski definition) is 1. The van der Waals surface area contributed by atoms with Crippen LogP contribution in [0.4, 0.5) is 0 Å². The summed E-state index contributed by atoms with van der Waals surface area (Å²) in [7, 11) is 0. The number of rotatable bonds is 19. The smallest absolute Gasteiger partial charge is 0.333 e. The average molecular weight is 625 g/mol. The zero-order chi connectivity index (χ0) is 32.6. The monoisotopic (exact) mass is 624 g/mol. The molecule has 1 aromatic carbocycles. The van der Waals surface area contributed by atoms with E-state index in [4.69, 9.17) is 14.2 Å². The number of hydrogen-bond acceptors (Lipinski definition) is 6. The molecular formula is C39H60O6. The number of esters is 2. The highest BCUT2D eigenvalue weighted by atomic mass is 16.5. The lowest BCUT2D eigenvalue weighted by Gasteiger charge is -2.38. The van der Waals surface area contributed by atoms with Crippen molar-refractivity contribution in [3.8, 4) is 5.75 Å². The minimum absolute atomic E-state index is 0.0717. The molecule has 0 aromatic heterocycles. The molecule has 0 aliphatic heterocycles. The molecule has 2 aliphatic carbocycles. The number of unbranched alkanes of at least 4 members (excludes halogenated alkanes) is 2. The standard InChI is InChI=1S/C39H60O6/c1-6-7-8-11-30-14-16-31(17-15-30)32-18-20-33(21-19-32)36-26-34(12-9-23-44-38(41)28(2)3)37(43-25-22-40)35(27-36)13-10-24-45-39(42)29(4)5/h26-27,30-33,40H,2,4,6-25H2,1,3,5H3. The summed E-state index contributed by atoms with van der Waals surface area (Å²) in [6.45, 7) is 13.7. The first-order valence-electron chi connectivity index (χ1n) is 17.8. The largest absolute Gasteiger partial charge is 0.491 e. The summed E-state index contributed by atoms with van der Waals surface area (Å²) < 4.78 is 16.9. The first-order chi connectivity index (χ1) is 21.7. The molecule has 0 unspecified atom stereocenters. The summed E-state index contributed by atoms with van der Waals surface area (Å²) in [6, 6.07) is 4.59. The second-order valence-corrected chi connectivity index (χ2v) is 13.7. The predicted octanol–water partition coefficient (Wildman–Crippen LogP) is 8.82. The second kappa shape index (κ2) is 19.8. The molecule has 1 N–H and O–H groups in total. The Hall–Kier alpha value is -2.60. The van der Waals surface area contributed by atoms with Gasteiger partial charge >= 0.3 is 11.9 Å². The van der Waals surface area contributed by atoms with Crippen LogP contribution in [-0.2, 0) is 31.9 Å². The van der Waals surface area contributed by atoms with Gasteiger partial charge in [-0.1, -0.05) is 70.7 Å². The molecule has 0 heterocycles. The van der Waals surface area contributed by atoms with Crippen molar-refractivity contribution in [2.75, 3.05) is 26.4 Å². The molecule has 2 saturated carbocycles. The van der Waals surface area contributed by atoms with E-state index in [1.54, 1.807) is 13.8 Å². The maximum absolute atomic E-state index is 11.9. The van der Waals surface area contributed by atoms with E-state index in [1.165, 1.54) is 82.6 Å². The van der Waals surface area contributed by atoms with E-state index < -0.39 is 0 Å². The fraction of sp³-hybridized carbons (Fsp3) is 0.692. The van der Waals surface area contributed by atoms with Crippen molar-refractivity contribution in [2.45, 2.75) is 129 Å². The van der Waals surface area contributed by atoms with Crippen LogP contribution in [-0.4, -0.2) is 43.5 Å². The van der Waals surface area contributed by atoms with Crippen molar-refractivity contribution in [1.29, 1.82) is 0 Å². The van der Waals surface area contributed by atoms with E-state index in [2.05, 4.69) is 32.2 Å². The summed E-state index contributed by atoms with van der Waals surface area (Å²) in [4.78, 5) is 23.8. The van der Waals surface area contributed by atoms with Crippen molar-refractivity contribution >= 4 is 11.9 Å². The molecule has 3 rings (SSSR count). The molecule has 6 nitrogen and oxygen atoms in total. The van der Waals surface area contributed by atoms with Gasteiger partial charge in [0.2, 0.25) is 0 Å². The maximum Gasteiger partial charge on any atom is 0.333 e. The normalized spacial score (nSPS) is 21.6. The third-order valence-corrected chi connectivity index (χ3v) is 9.96. The van der Waals surface area contributed by atoms with Crippen LogP contribution >= 0.6 is 0 Å². The first kappa shape index (κ1) is 36.9. The molecule has 45 heavy (non-hydrogen) atoms. The van der Waals surface area contributed by atoms with Crippen molar-refractivity contribution < 1.29 is 28.9 Å². The molecule has 0 bridgehead atoms. The highest BCUT2D eigenvalue weighted by Crippen LogP contribution is 2.45. The van der Waals surface area contributed by atoms with Gasteiger partial charge in [-0.2, -0.15) is 0 Å². The zero-order valence-electron chi connectivity index (χ0n) is 28.5. The molecule has 0 atom stereocenters. The van der Waals surface area contributed by atoms with E-state index in [0.29, 0.717) is 56.0 Å². The molecule has 0 spiro atoms. The van der Waals surface area contributed by atoms with E-state index in [1.807, 2.05) is 0 Å². The topological polar surface area (TPSA) is 82.1 Å². The Bertz CT molecular complexity index is 1040. The molecule has 2 fully saturated rings. The summed E-state index contributed by atoms with van der Waals surface area (Å²) in [5, 5.41) is 9.56. The van der Waals surface area contributed by atoms with Crippen LogP contribution in [0.25, 0.3) is 0 Å². The van der Waals surface area contributed by atoms with Crippen LogP contribution in [0.3, 0.4) is 0 Å². The number of ether oxygens (including phenoxy) is 3. The van der Waals surface area contributed by atoms with Crippen LogP contribution in [0, 0.1) is 17.8 Å². The third-order valence-electron chi connectivity index (χ3n) is 9.96. The number of carbonyl (C=O) groups excluding carboxylic acids is 2. The van der Waals surface area contributed by atoms with Crippen LogP contribution in [0.15, 0.2) is 36.4 Å². The van der Waals surface area contributed by atoms with Gasteiger partial charge in [0, 0.05) is 11.1 Å². The Balaban J connectivity index is 1.69. The SMILES string of the molecule is C=C(C)C(=O)OCCCc1cc(C2CCC(C3CCC(CCCCC)CC3)CC2)cc(CCCOC(=O)C(=C)C)c1OCCO. The van der Waals surface area contributed by atoms with Crippen molar-refractivity contribution in [1.82, 2.24) is 0 Å². The Morgan fingerprint density at radius 2 is 1.27 bits per heavy atom. The summed E-state index contributed by atoms with van der Waals surface area (Å²) >= 11 is 0. The van der Waals surface area contributed by atoms with E-state index in [-0.39, 0.29) is 25.2 Å². The fourth-order valence-corrected chi connectivity index (χ4v) is 7.38. The number of aliphatic hydroxyl groups is 1. The second-order valence-electron chi connectivity index (χ2n) is 13.7. The lowest BCUT2D eigenvalue weighted by Crippen LogP contribution is -2.25. The Labute approximate surface area is 273 Å². The number of benzene rings is 1. The zero-order valence-corrected chi connectivity index (χ0v) is 28.5. The highest BCUT2D eigenvalue weighted by molar-refractivity contribution is 5.87. The lowest BCUT2D eigenvalue weighted by molar-refractivity contribution is -0.139. The molecule has 0 amide bonds. The highest BCUT2D eigenvalue weighted by Gasteiger charge is 2.31. The predicted molar refractivity (Wildman–Crippen MR) is 181 cm³/mol. The number of aliphatic hydroxyl groups excluding tert-OH is 1. The van der Waals surface area contributed by atoms with Crippen molar-refractivity contribution in [2.24, 2.45) is 17.8 Å². The minimum atomic E-state index is -0.368. The van der Waals surface area contributed by atoms with Gasteiger partial charge in [0.15, 0.2) is 0 Å². The van der Waals surface area contributed by atoms with Crippen molar-refractivity contribution in [3.05, 3.63) is 53.1 Å². The molecule has 1 aromatic rings. The van der Waals surface area contributed by atoms with Gasteiger partial charge in [0.25, 0.3) is 0 Å². The Morgan fingerprint density at radius 3 is 1.73 bits per heavy atom. The summed E-state index contributed by atoms with van der Waals surface area (Å²) in [5.74, 6) is 3.29. The van der Waals surface area contributed by atoms with Crippen LogP contribution in [0.5, 0.6) is 5.75 Å². The number of aryl methyl sites for hydroxylation is 2. The number of carbonyl (C=O) groups is 2. The van der Waals surface area contributed by atoms with Crippen molar-refractivity contribution in [3.63, 3.8) is 0 Å². The molecule has 252 valence electrons. The van der Waals surface area contributed by atoms with E-state index in [0.717, 1.165) is 34.6 Å². The lowest BCUT2D eigenvalue weighted by atomic mass is 9.67. The van der Waals surface area contributed by atoms with Gasteiger partial charge < -0.3 is 19.3 Å². The third kappa shape index (κ3) is 12.3. The van der Waals surface area contributed by atoms with Crippen LogP contribution < -0.4 is 4.74 Å². The summed E-state index contributed by atoms with van der Waals surface area (Å²) in [5.41, 5.74) is 4.32. The van der Waals surface area contributed by atoms with Crippen LogP contribution in [0.2, 0.25) is 0 Å². The molecule has 0 radical (unpaired) electrons. The van der Waals surface area contributed by atoms with Gasteiger partial charge in [-0.3, -0.25) is 0 Å². The molecular weight excluding hydrogens is 564 g/mol. The fourth-order valence-electron chi connectivity index (χ4n) is 7.38. The first-order valence-corrected chi connectivity index (χ1v) is 17.8. The van der Waals surface area contributed by atoms with Gasteiger partial charge in [-0.15, -0.1) is 0 Å². The van der Waals surface area contributed by atoms with Gasteiger partial charge in [0.1, 0.15) is 12.4 Å². The average Bonchev–Trinajstić information content (AvgIpc) is 3.04. The van der Waals surface area contributed by atoms with E-state index >= 15 is 0 Å². The van der Waals surface area contributed by atoms with Gasteiger partial charge in [-0.05, 0) is 118 Å².